The maximum atomic E-state index is 14.1. The summed E-state index contributed by atoms with van der Waals surface area (Å²) in [6, 6.07) is 11.6. The normalized spacial score (nSPS) is 11.8. The molecule has 176 valence electrons. The van der Waals surface area contributed by atoms with E-state index in [0.717, 1.165) is 11.6 Å². The third-order valence-electron chi connectivity index (χ3n) is 5.58. The molecule has 0 saturated heterocycles. The van der Waals surface area contributed by atoms with Crippen molar-refractivity contribution in [3.8, 4) is 17.4 Å². The van der Waals surface area contributed by atoms with E-state index >= 15 is 0 Å². The van der Waals surface area contributed by atoms with Crippen LogP contribution in [0.4, 0.5) is 10.1 Å². The zero-order valence-electron chi connectivity index (χ0n) is 18.9. The Morgan fingerprint density at radius 3 is 2.66 bits per heavy atom. The predicted octanol–water partition coefficient (Wildman–Crippen LogP) is 6.01. The highest BCUT2D eigenvalue weighted by Crippen LogP contribution is 2.33. The molecule has 1 atom stereocenters. The topological polar surface area (TPSA) is 116 Å². The first-order chi connectivity index (χ1) is 16.6. The number of nitrogens with one attached hydrogen (secondary N) is 1. The number of carbonyl (C=O) groups is 1. The molecule has 0 bridgehead atoms. The van der Waals surface area contributed by atoms with Crippen LogP contribution in [0.5, 0.6) is 0 Å². The lowest BCUT2D eigenvalue weighted by Crippen LogP contribution is -2.14. The second kappa shape index (κ2) is 9.20. The smallest absolute Gasteiger partial charge is 0.356 e. The third-order valence-corrected chi connectivity index (χ3v) is 5.79. The van der Waals surface area contributed by atoms with Gasteiger partial charge in [0, 0.05) is 16.7 Å². The van der Waals surface area contributed by atoms with Crippen molar-refractivity contribution in [3.05, 3.63) is 91.6 Å². The molecule has 1 unspecified atom stereocenters. The van der Waals surface area contributed by atoms with E-state index in [1.54, 1.807) is 19.9 Å². The van der Waals surface area contributed by atoms with E-state index in [2.05, 4.69) is 10.3 Å². The molecule has 0 aliphatic heterocycles. The number of rotatable bonds is 5. The van der Waals surface area contributed by atoms with Crippen LogP contribution in [-0.4, -0.2) is 16.1 Å². The summed E-state index contributed by atoms with van der Waals surface area (Å²) in [5.41, 5.74) is 1.98. The highest BCUT2D eigenvalue weighted by Gasteiger charge is 2.21. The van der Waals surface area contributed by atoms with Crippen molar-refractivity contribution in [1.82, 2.24) is 4.98 Å². The number of carboxylic acids is 1. The van der Waals surface area contributed by atoms with Crippen LogP contribution in [0.2, 0.25) is 5.15 Å². The number of aryl methyl sites for hydroxylation is 1. The number of nitriles is 1. The number of hydrogen-bond donors (Lipinski definition) is 2. The first-order valence-electron chi connectivity index (χ1n) is 10.5. The van der Waals surface area contributed by atoms with E-state index in [1.807, 2.05) is 19.1 Å². The summed E-state index contributed by atoms with van der Waals surface area (Å²) in [5, 5.41) is 22.2. The van der Waals surface area contributed by atoms with Gasteiger partial charge in [0.05, 0.1) is 28.7 Å². The number of pyridine rings is 1. The van der Waals surface area contributed by atoms with Crippen molar-refractivity contribution in [2.75, 3.05) is 5.32 Å². The zero-order chi connectivity index (χ0) is 25.4. The third kappa shape index (κ3) is 4.59. The number of halogens is 2. The van der Waals surface area contributed by atoms with Gasteiger partial charge in [-0.1, -0.05) is 17.7 Å². The second-order valence-corrected chi connectivity index (χ2v) is 8.55. The average Bonchev–Trinajstić information content (AvgIpc) is 2.81. The van der Waals surface area contributed by atoms with Gasteiger partial charge in [0.15, 0.2) is 11.1 Å². The predicted molar refractivity (Wildman–Crippen MR) is 130 cm³/mol. The average molecular weight is 492 g/mol. The molecule has 35 heavy (non-hydrogen) atoms. The van der Waals surface area contributed by atoms with Crippen LogP contribution in [0, 0.1) is 31.0 Å². The number of benzene rings is 2. The monoisotopic (exact) mass is 491 g/mol. The number of fused-ring (bicyclic) bond motifs is 1. The number of hydrogen-bond acceptors (Lipinski definition) is 6. The van der Waals surface area contributed by atoms with Gasteiger partial charge in [0.1, 0.15) is 22.3 Å². The van der Waals surface area contributed by atoms with Gasteiger partial charge in [-0.15, -0.1) is 0 Å². The molecule has 2 heterocycles. The lowest BCUT2D eigenvalue weighted by Gasteiger charge is -2.19. The number of aromatic carboxylic acids is 1. The van der Waals surface area contributed by atoms with Crippen LogP contribution in [0.25, 0.3) is 22.3 Å². The molecule has 0 aliphatic rings. The molecular formula is C26H19ClFN3O4. The lowest BCUT2D eigenvalue weighted by atomic mass is 9.98. The standard InChI is InChI=1S/C26H19ClFN3O4/c1-12-6-18(14(3)30-20-4-5-21(27)31-22(20)26(33)34)25-19(7-12)23(32)13(2)24(35-25)16-8-15(11-29)9-17(28)10-16/h4-10,14,30H,1-3H3,(H,33,34). The van der Waals surface area contributed by atoms with E-state index in [0.29, 0.717) is 10.9 Å². The van der Waals surface area contributed by atoms with Crippen LogP contribution in [0.1, 0.15) is 45.7 Å². The number of nitrogens with zero attached hydrogens (tertiary/aromatic N) is 2. The Bertz CT molecular complexity index is 1610. The molecule has 0 amide bonds. The van der Waals surface area contributed by atoms with Crippen LogP contribution in [0.15, 0.2) is 51.7 Å². The SMILES string of the molecule is Cc1cc(C(C)Nc2ccc(Cl)nc2C(=O)O)c2oc(-c3cc(F)cc(C#N)c3)c(C)c(=O)c2c1. The van der Waals surface area contributed by atoms with Crippen molar-refractivity contribution in [3.63, 3.8) is 0 Å². The minimum Gasteiger partial charge on any atom is -0.476 e. The van der Waals surface area contributed by atoms with E-state index in [4.69, 9.17) is 16.0 Å². The van der Waals surface area contributed by atoms with Crippen LogP contribution in [0.3, 0.4) is 0 Å². The molecule has 2 aromatic heterocycles. The molecule has 2 aromatic carbocycles. The molecule has 9 heteroatoms. The molecule has 0 spiro atoms. The lowest BCUT2D eigenvalue weighted by molar-refractivity contribution is 0.0691. The molecule has 0 saturated carbocycles. The number of aromatic nitrogens is 1. The number of anilines is 1. The van der Waals surface area contributed by atoms with Crippen molar-refractivity contribution in [1.29, 1.82) is 5.26 Å². The zero-order valence-corrected chi connectivity index (χ0v) is 19.7. The molecule has 4 rings (SSSR count). The quantitative estimate of drug-likeness (QED) is 0.328. The molecule has 0 aliphatic carbocycles. The van der Waals surface area contributed by atoms with Crippen LogP contribution in [-0.2, 0) is 0 Å². The van der Waals surface area contributed by atoms with Crippen LogP contribution >= 0.6 is 11.6 Å². The largest absolute Gasteiger partial charge is 0.476 e. The summed E-state index contributed by atoms with van der Waals surface area (Å²) in [4.78, 5) is 28.8. The van der Waals surface area contributed by atoms with Gasteiger partial charge in [-0.3, -0.25) is 4.79 Å². The van der Waals surface area contributed by atoms with E-state index in [9.17, 15) is 24.3 Å². The minimum absolute atomic E-state index is 0.0413. The molecule has 7 nitrogen and oxygen atoms in total. The highest BCUT2D eigenvalue weighted by molar-refractivity contribution is 6.29. The maximum Gasteiger partial charge on any atom is 0.356 e. The Hall–Kier alpha value is -4.22. The second-order valence-electron chi connectivity index (χ2n) is 8.16. The summed E-state index contributed by atoms with van der Waals surface area (Å²) < 4.78 is 20.3. The summed E-state index contributed by atoms with van der Waals surface area (Å²) >= 11 is 5.86. The van der Waals surface area contributed by atoms with Gasteiger partial charge >= 0.3 is 5.97 Å². The summed E-state index contributed by atoms with van der Waals surface area (Å²) in [5.74, 6) is -1.73. The van der Waals surface area contributed by atoms with E-state index in [-0.39, 0.29) is 50.0 Å². The summed E-state index contributed by atoms with van der Waals surface area (Å²) in [7, 11) is 0. The molecule has 0 radical (unpaired) electrons. The maximum absolute atomic E-state index is 14.1. The fraction of sp³-hybridized carbons (Fsp3) is 0.154. The first kappa shape index (κ1) is 23.9. The minimum atomic E-state index is -1.25. The molecule has 2 N–H and O–H groups in total. The fourth-order valence-electron chi connectivity index (χ4n) is 3.98. The molecule has 0 fully saturated rings. The molecule has 4 aromatic rings. The van der Waals surface area contributed by atoms with Crippen molar-refractivity contribution >= 4 is 34.2 Å². The Morgan fingerprint density at radius 2 is 1.97 bits per heavy atom. The van der Waals surface area contributed by atoms with Crippen molar-refractivity contribution in [2.24, 2.45) is 0 Å². The van der Waals surface area contributed by atoms with Gasteiger partial charge < -0.3 is 14.8 Å². The van der Waals surface area contributed by atoms with Crippen molar-refractivity contribution < 1.29 is 18.7 Å². The summed E-state index contributed by atoms with van der Waals surface area (Å²) in [6.07, 6.45) is 0. The van der Waals surface area contributed by atoms with Gasteiger partial charge in [-0.2, -0.15) is 5.26 Å². The van der Waals surface area contributed by atoms with Crippen molar-refractivity contribution in [2.45, 2.75) is 26.8 Å². The number of carboxylic acid groups (broad SMARTS) is 1. The Balaban J connectivity index is 1.91. The van der Waals surface area contributed by atoms with Gasteiger partial charge in [-0.25, -0.2) is 14.2 Å². The summed E-state index contributed by atoms with van der Waals surface area (Å²) in [6.45, 7) is 5.19. The fourth-order valence-corrected chi connectivity index (χ4v) is 4.12. The van der Waals surface area contributed by atoms with E-state index in [1.165, 1.54) is 24.3 Å². The Kier molecular flexibility index (Phi) is 6.29. The van der Waals surface area contributed by atoms with Gasteiger partial charge in [0.25, 0.3) is 0 Å². The molecular weight excluding hydrogens is 473 g/mol. The van der Waals surface area contributed by atoms with Gasteiger partial charge in [0.2, 0.25) is 0 Å². The Labute approximate surface area is 204 Å². The Morgan fingerprint density at radius 1 is 1.23 bits per heavy atom. The first-order valence-corrected chi connectivity index (χ1v) is 10.9. The van der Waals surface area contributed by atoms with E-state index < -0.39 is 17.8 Å². The highest BCUT2D eigenvalue weighted by atomic mass is 35.5. The van der Waals surface area contributed by atoms with Crippen LogP contribution < -0.4 is 10.7 Å². The van der Waals surface area contributed by atoms with Gasteiger partial charge in [-0.05, 0) is 62.7 Å².